The van der Waals surface area contributed by atoms with Gasteiger partial charge in [0, 0.05) is 19.3 Å². The van der Waals surface area contributed by atoms with Crippen molar-refractivity contribution >= 4 is 0 Å². The number of hydrogen-bond acceptors (Lipinski definition) is 3. The van der Waals surface area contributed by atoms with Gasteiger partial charge in [0.2, 0.25) is 0 Å². The highest BCUT2D eigenvalue weighted by Crippen LogP contribution is 2.09. The Balaban J connectivity index is 1.80. The van der Waals surface area contributed by atoms with Crippen LogP contribution in [0.3, 0.4) is 0 Å². The van der Waals surface area contributed by atoms with Crippen LogP contribution in [-0.2, 0) is 9.47 Å². The van der Waals surface area contributed by atoms with Crippen LogP contribution in [0.25, 0.3) is 0 Å². The van der Waals surface area contributed by atoms with E-state index in [-0.39, 0.29) is 0 Å². The minimum Gasteiger partial charge on any atom is -0.379 e. The Bertz CT molecular complexity index is 156. The van der Waals surface area contributed by atoms with E-state index in [1.54, 1.807) is 0 Å². The summed E-state index contributed by atoms with van der Waals surface area (Å²) < 4.78 is 11.0. The van der Waals surface area contributed by atoms with Crippen LogP contribution in [0.1, 0.15) is 39.5 Å². The van der Waals surface area contributed by atoms with Gasteiger partial charge in [0.15, 0.2) is 0 Å². The molecular formula is C13H27NO2. The van der Waals surface area contributed by atoms with Crippen LogP contribution < -0.4 is 5.32 Å². The van der Waals surface area contributed by atoms with E-state index in [1.165, 1.54) is 25.8 Å². The highest BCUT2D eigenvalue weighted by Gasteiger charge is 2.11. The Morgan fingerprint density at radius 3 is 2.62 bits per heavy atom. The van der Waals surface area contributed by atoms with E-state index >= 15 is 0 Å². The van der Waals surface area contributed by atoms with Crippen molar-refractivity contribution in [2.24, 2.45) is 5.92 Å². The summed E-state index contributed by atoms with van der Waals surface area (Å²) in [6.07, 6.45) is 5.16. The molecule has 1 fully saturated rings. The molecule has 1 aliphatic heterocycles. The first-order valence-corrected chi connectivity index (χ1v) is 6.68. The third-order valence-corrected chi connectivity index (χ3v) is 2.85. The molecule has 0 aromatic heterocycles. The molecule has 1 atom stereocenters. The van der Waals surface area contributed by atoms with Crippen molar-refractivity contribution in [3.63, 3.8) is 0 Å². The second kappa shape index (κ2) is 8.97. The molecule has 1 rings (SSSR count). The molecule has 1 unspecified atom stereocenters. The van der Waals surface area contributed by atoms with Gasteiger partial charge in [0.25, 0.3) is 0 Å². The molecule has 16 heavy (non-hydrogen) atoms. The average molecular weight is 229 g/mol. The summed E-state index contributed by atoms with van der Waals surface area (Å²) in [4.78, 5) is 0. The molecule has 3 nitrogen and oxygen atoms in total. The maximum atomic E-state index is 5.55. The fraction of sp³-hybridized carbons (Fsp3) is 1.00. The monoisotopic (exact) mass is 229 g/mol. The number of rotatable bonds is 8. The Labute approximate surface area is 99.9 Å². The van der Waals surface area contributed by atoms with E-state index in [4.69, 9.17) is 9.47 Å². The summed E-state index contributed by atoms with van der Waals surface area (Å²) in [7, 11) is 0. The second-order valence-electron chi connectivity index (χ2n) is 5.02. The summed E-state index contributed by atoms with van der Waals surface area (Å²) >= 11 is 0. The van der Waals surface area contributed by atoms with E-state index < -0.39 is 0 Å². The van der Waals surface area contributed by atoms with Crippen molar-refractivity contribution in [2.75, 3.05) is 33.0 Å². The fourth-order valence-electron chi connectivity index (χ4n) is 1.93. The highest BCUT2D eigenvalue weighted by atomic mass is 16.5. The molecule has 0 radical (unpaired) electrons. The minimum atomic E-state index is 0.617. The standard InChI is InChI=1S/C13H27NO2/c1-12(2)11-16-10-9-15-8-6-13-5-3-4-7-14-13/h12-14H,3-11H2,1-2H3. The zero-order valence-electron chi connectivity index (χ0n) is 10.8. The van der Waals surface area contributed by atoms with Crippen molar-refractivity contribution in [2.45, 2.75) is 45.6 Å². The van der Waals surface area contributed by atoms with Crippen molar-refractivity contribution in [3.05, 3.63) is 0 Å². The molecule has 0 amide bonds. The van der Waals surface area contributed by atoms with Crippen LogP contribution >= 0.6 is 0 Å². The van der Waals surface area contributed by atoms with E-state index in [1.807, 2.05) is 0 Å². The normalized spacial score (nSPS) is 21.6. The molecule has 1 N–H and O–H groups in total. The molecule has 96 valence electrons. The molecule has 3 heteroatoms. The lowest BCUT2D eigenvalue weighted by atomic mass is 10.0. The van der Waals surface area contributed by atoms with Gasteiger partial charge < -0.3 is 14.8 Å². The van der Waals surface area contributed by atoms with E-state index in [9.17, 15) is 0 Å². The van der Waals surface area contributed by atoms with Gasteiger partial charge in [-0.15, -0.1) is 0 Å². The van der Waals surface area contributed by atoms with Gasteiger partial charge in [-0.2, -0.15) is 0 Å². The number of piperidine rings is 1. The van der Waals surface area contributed by atoms with E-state index in [2.05, 4.69) is 19.2 Å². The minimum absolute atomic E-state index is 0.617. The lowest BCUT2D eigenvalue weighted by molar-refractivity contribution is 0.0343. The Morgan fingerprint density at radius 2 is 1.94 bits per heavy atom. The lowest BCUT2D eigenvalue weighted by Crippen LogP contribution is -2.34. The SMILES string of the molecule is CC(C)COCCOCCC1CCCCN1. The van der Waals surface area contributed by atoms with Crippen LogP contribution in [0, 0.1) is 5.92 Å². The van der Waals surface area contributed by atoms with Gasteiger partial charge in [-0.05, 0) is 31.7 Å². The fourth-order valence-corrected chi connectivity index (χ4v) is 1.93. The molecule has 1 aliphatic rings. The summed E-state index contributed by atoms with van der Waals surface area (Å²) in [5.74, 6) is 0.617. The maximum Gasteiger partial charge on any atom is 0.0700 e. The first-order chi connectivity index (χ1) is 7.79. The predicted octanol–water partition coefficient (Wildman–Crippen LogP) is 2.21. The van der Waals surface area contributed by atoms with Gasteiger partial charge >= 0.3 is 0 Å². The molecule has 0 aliphatic carbocycles. The molecule has 1 saturated heterocycles. The lowest BCUT2D eigenvalue weighted by Gasteiger charge is -2.23. The van der Waals surface area contributed by atoms with Gasteiger partial charge in [-0.3, -0.25) is 0 Å². The molecule has 0 saturated carbocycles. The maximum absolute atomic E-state index is 5.55. The molecule has 0 aromatic rings. The van der Waals surface area contributed by atoms with Crippen LogP contribution in [0.4, 0.5) is 0 Å². The molecule has 0 aromatic carbocycles. The zero-order chi connectivity index (χ0) is 11.6. The molecular weight excluding hydrogens is 202 g/mol. The smallest absolute Gasteiger partial charge is 0.0700 e. The van der Waals surface area contributed by atoms with E-state index in [0.29, 0.717) is 12.0 Å². The first-order valence-electron chi connectivity index (χ1n) is 6.68. The summed E-state index contributed by atoms with van der Waals surface area (Å²) in [6, 6.07) is 0.685. The number of nitrogens with one attached hydrogen (secondary N) is 1. The third kappa shape index (κ3) is 7.20. The van der Waals surface area contributed by atoms with Crippen molar-refractivity contribution < 1.29 is 9.47 Å². The Morgan fingerprint density at radius 1 is 1.12 bits per heavy atom. The van der Waals surface area contributed by atoms with Crippen LogP contribution in [0.5, 0.6) is 0 Å². The zero-order valence-corrected chi connectivity index (χ0v) is 10.8. The van der Waals surface area contributed by atoms with Gasteiger partial charge in [-0.25, -0.2) is 0 Å². The van der Waals surface area contributed by atoms with Gasteiger partial charge in [-0.1, -0.05) is 20.3 Å². The van der Waals surface area contributed by atoms with Crippen LogP contribution in [0.15, 0.2) is 0 Å². The number of ether oxygens (including phenoxy) is 2. The van der Waals surface area contributed by atoms with Crippen molar-refractivity contribution in [1.29, 1.82) is 0 Å². The van der Waals surface area contributed by atoms with Crippen LogP contribution in [0.2, 0.25) is 0 Å². The van der Waals surface area contributed by atoms with Crippen molar-refractivity contribution in [1.82, 2.24) is 5.32 Å². The Hall–Kier alpha value is -0.120. The quantitative estimate of drug-likeness (QED) is 0.647. The summed E-state index contributed by atoms with van der Waals surface area (Å²) in [6.45, 7) is 8.68. The van der Waals surface area contributed by atoms with Gasteiger partial charge in [0.05, 0.1) is 13.2 Å². The third-order valence-electron chi connectivity index (χ3n) is 2.85. The topological polar surface area (TPSA) is 30.5 Å². The molecule has 0 bridgehead atoms. The average Bonchev–Trinajstić information content (AvgIpc) is 2.29. The van der Waals surface area contributed by atoms with Crippen LogP contribution in [-0.4, -0.2) is 39.0 Å². The van der Waals surface area contributed by atoms with E-state index in [0.717, 1.165) is 32.8 Å². The summed E-state index contributed by atoms with van der Waals surface area (Å²) in [5, 5.41) is 3.52. The first kappa shape index (κ1) is 13.9. The molecule has 1 heterocycles. The highest BCUT2D eigenvalue weighted by molar-refractivity contribution is 4.71. The summed E-state index contributed by atoms with van der Waals surface area (Å²) in [5.41, 5.74) is 0. The molecule has 0 spiro atoms. The predicted molar refractivity (Wildman–Crippen MR) is 66.7 cm³/mol. The second-order valence-corrected chi connectivity index (χ2v) is 5.02. The largest absolute Gasteiger partial charge is 0.379 e. The van der Waals surface area contributed by atoms with Crippen molar-refractivity contribution in [3.8, 4) is 0 Å². The Kier molecular flexibility index (Phi) is 7.81. The number of hydrogen-bond donors (Lipinski definition) is 1. The van der Waals surface area contributed by atoms with Gasteiger partial charge in [0.1, 0.15) is 0 Å².